The predicted octanol–water partition coefficient (Wildman–Crippen LogP) is 1.52. The minimum absolute atomic E-state index is 0.117. The van der Waals surface area contributed by atoms with Crippen LogP contribution in [0.2, 0.25) is 0 Å². The Morgan fingerprint density at radius 1 is 1.39 bits per heavy atom. The highest BCUT2D eigenvalue weighted by atomic mass is 16.4. The van der Waals surface area contributed by atoms with Gasteiger partial charge in [0, 0.05) is 12.8 Å². The van der Waals surface area contributed by atoms with Gasteiger partial charge in [-0.3, -0.25) is 4.79 Å². The summed E-state index contributed by atoms with van der Waals surface area (Å²) in [5, 5.41) is 11.8. The number of rotatable bonds is 5. The zero-order valence-corrected chi connectivity index (χ0v) is 10.1. The van der Waals surface area contributed by atoms with Gasteiger partial charge in [-0.1, -0.05) is 30.3 Å². The fourth-order valence-corrected chi connectivity index (χ4v) is 1.55. The minimum Gasteiger partial charge on any atom is -0.479 e. The maximum absolute atomic E-state index is 11.6. The van der Waals surface area contributed by atoms with Gasteiger partial charge in [0.05, 0.1) is 0 Å². The summed E-state index contributed by atoms with van der Waals surface area (Å²) in [6.45, 7) is 1.46. The smallest absolute Gasteiger partial charge is 0.333 e. The third-order valence-electron chi connectivity index (χ3n) is 2.66. The quantitative estimate of drug-likeness (QED) is 0.773. The van der Waals surface area contributed by atoms with Crippen molar-refractivity contribution in [1.82, 2.24) is 5.32 Å². The lowest BCUT2D eigenvalue weighted by Gasteiger charge is -2.26. The zero-order chi connectivity index (χ0) is 13.6. The maximum Gasteiger partial charge on any atom is 0.333 e. The van der Waals surface area contributed by atoms with Crippen molar-refractivity contribution in [1.29, 1.82) is 0 Å². The van der Waals surface area contributed by atoms with E-state index in [1.165, 1.54) is 6.92 Å². The molecule has 0 aliphatic carbocycles. The number of carbonyl (C=O) groups excluding carboxylic acids is 1. The third-order valence-corrected chi connectivity index (χ3v) is 2.66. The number of amides is 1. The molecular formula is C14H15NO3. The Balaban J connectivity index is 2.93. The summed E-state index contributed by atoms with van der Waals surface area (Å²) in [5.74, 6) is 0.863. The number of carboxylic acids is 1. The molecular weight excluding hydrogens is 230 g/mol. The van der Waals surface area contributed by atoms with E-state index in [0.717, 1.165) is 0 Å². The van der Waals surface area contributed by atoms with E-state index >= 15 is 0 Å². The summed E-state index contributed by atoms with van der Waals surface area (Å²) in [7, 11) is 0. The summed E-state index contributed by atoms with van der Waals surface area (Å²) in [5.41, 5.74) is -0.918. The first-order valence-corrected chi connectivity index (χ1v) is 5.54. The summed E-state index contributed by atoms with van der Waals surface area (Å²) < 4.78 is 0. The number of hydrogen-bond acceptors (Lipinski definition) is 2. The van der Waals surface area contributed by atoms with Crippen LogP contribution in [0.3, 0.4) is 0 Å². The second-order valence-corrected chi connectivity index (χ2v) is 4.05. The molecule has 0 aliphatic rings. The van der Waals surface area contributed by atoms with Crippen molar-refractivity contribution >= 4 is 11.9 Å². The van der Waals surface area contributed by atoms with Crippen LogP contribution in [0, 0.1) is 12.3 Å². The second-order valence-electron chi connectivity index (χ2n) is 4.05. The van der Waals surface area contributed by atoms with E-state index in [0.29, 0.717) is 5.56 Å². The summed E-state index contributed by atoms with van der Waals surface area (Å²) in [4.78, 5) is 23.0. The van der Waals surface area contributed by atoms with Crippen LogP contribution in [-0.4, -0.2) is 17.0 Å². The fourth-order valence-electron chi connectivity index (χ4n) is 1.55. The van der Waals surface area contributed by atoms with Crippen molar-refractivity contribution in [2.75, 3.05) is 0 Å². The molecule has 1 aromatic rings. The van der Waals surface area contributed by atoms with E-state index in [9.17, 15) is 14.7 Å². The number of aliphatic carboxylic acids is 1. The molecule has 0 aliphatic heterocycles. The Hall–Kier alpha value is -2.28. The van der Waals surface area contributed by atoms with E-state index in [2.05, 4.69) is 11.2 Å². The number of carboxylic acid groups (broad SMARTS) is 1. The average molecular weight is 245 g/mol. The van der Waals surface area contributed by atoms with Gasteiger partial charge in [0.2, 0.25) is 5.91 Å². The van der Waals surface area contributed by atoms with E-state index in [1.54, 1.807) is 30.3 Å². The van der Waals surface area contributed by atoms with Crippen LogP contribution in [0.5, 0.6) is 0 Å². The number of terminal acetylenes is 1. The number of hydrogen-bond donors (Lipinski definition) is 2. The predicted molar refractivity (Wildman–Crippen MR) is 67.6 cm³/mol. The number of nitrogens with one attached hydrogen (secondary N) is 1. The molecule has 0 heterocycles. The molecule has 94 valence electrons. The highest BCUT2D eigenvalue weighted by molar-refractivity contribution is 5.87. The van der Waals surface area contributed by atoms with Crippen molar-refractivity contribution in [2.24, 2.45) is 0 Å². The molecule has 1 unspecified atom stereocenters. The lowest BCUT2D eigenvalue weighted by Crippen LogP contribution is -2.49. The zero-order valence-electron chi connectivity index (χ0n) is 10.1. The van der Waals surface area contributed by atoms with Gasteiger partial charge >= 0.3 is 5.97 Å². The van der Waals surface area contributed by atoms with Crippen LogP contribution >= 0.6 is 0 Å². The SMILES string of the molecule is C#CCCC(=O)NC(C)(C(=O)O)c1ccccc1. The molecule has 0 saturated carbocycles. The summed E-state index contributed by atoms with van der Waals surface area (Å²) in [6, 6.07) is 8.56. The van der Waals surface area contributed by atoms with Gasteiger partial charge in [0.25, 0.3) is 0 Å². The molecule has 2 N–H and O–H groups in total. The summed E-state index contributed by atoms with van der Waals surface area (Å²) >= 11 is 0. The monoisotopic (exact) mass is 245 g/mol. The van der Waals surface area contributed by atoms with Crippen molar-refractivity contribution in [2.45, 2.75) is 25.3 Å². The molecule has 0 radical (unpaired) electrons. The minimum atomic E-state index is -1.44. The molecule has 1 atom stereocenters. The highest BCUT2D eigenvalue weighted by Crippen LogP contribution is 2.21. The molecule has 18 heavy (non-hydrogen) atoms. The van der Waals surface area contributed by atoms with Gasteiger partial charge in [-0.2, -0.15) is 0 Å². The normalized spacial score (nSPS) is 13.1. The van der Waals surface area contributed by atoms with Crippen LogP contribution in [0.15, 0.2) is 30.3 Å². The Kier molecular flexibility index (Phi) is 4.50. The Labute approximate surface area is 106 Å². The van der Waals surface area contributed by atoms with Crippen LogP contribution in [-0.2, 0) is 15.1 Å². The molecule has 0 fully saturated rings. The topological polar surface area (TPSA) is 66.4 Å². The van der Waals surface area contributed by atoms with Crippen LogP contribution in [0.4, 0.5) is 0 Å². The number of benzene rings is 1. The van der Waals surface area contributed by atoms with E-state index in [-0.39, 0.29) is 18.7 Å². The standard InChI is InChI=1S/C14H15NO3/c1-3-4-10-12(16)15-14(2,13(17)18)11-8-6-5-7-9-11/h1,5-9H,4,10H2,2H3,(H,15,16)(H,17,18). The largest absolute Gasteiger partial charge is 0.479 e. The van der Waals surface area contributed by atoms with Crippen molar-refractivity contribution in [3.05, 3.63) is 35.9 Å². The Bertz CT molecular complexity index is 476. The van der Waals surface area contributed by atoms with Crippen molar-refractivity contribution in [3.63, 3.8) is 0 Å². The molecule has 1 aromatic carbocycles. The van der Waals surface area contributed by atoms with E-state index in [4.69, 9.17) is 6.42 Å². The molecule has 0 saturated heterocycles. The fraction of sp³-hybridized carbons (Fsp3) is 0.286. The number of carbonyl (C=O) groups is 2. The second kappa shape index (κ2) is 5.87. The molecule has 0 aromatic heterocycles. The molecule has 1 amide bonds. The lowest BCUT2D eigenvalue weighted by atomic mass is 9.92. The highest BCUT2D eigenvalue weighted by Gasteiger charge is 2.36. The first kappa shape index (κ1) is 13.8. The maximum atomic E-state index is 11.6. The Morgan fingerprint density at radius 3 is 2.50 bits per heavy atom. The Morgan fingerprint density at radius 2 is 2.00 bits per heavy atom. The van der Waals surface area contributed by atoms with Gasteiger partial charge in [0.15, 0.2) is 5.54 Å². The van der Waals surface area contributed by atoms with Gasteiger partial charge in [0.1, 0.15) is 0 Å². The third kappa shape index (κ3) is 3.11. The molecule has 4 nitrogen and oxygen atoms in total. The van der Waals surface area contributed by atoms with Gasteiger partial charge in [-0.25, -0.2) is 4.79 Å². The van der Waals surface area contributed by atoms with Crippen molar-refractivity contribution in [3.8, 4) is 12.3 Å². The first-order chi connectivity index (χ1) is 8.50. The average Bonchev–Trinajstić information content (AvgIpc) is 2.37. The lowest BCUT2D eigenvalue weighted by molar-refractivity contribution is -0.147. The molecule has 0 spiro atoms. The van der Waals surface area contributed by atoms with E-state index < -0.39 is 11.5 Å². The summed E-state index contributed by atoms with van der Waals surface area (Å²) in [6.07, 6.45) is 5.47. The van der Waals surface area contributed by atoms with Crippen LogP contribution in [0.1, 0.15) is 25.3 Å². The van der Waals surface area contributed by atoms with Crippen molar-refractivity contribution < 1.29 is 14.7 Å². The molecule has 0 bridgehead atoms. The first-order valence-electron chi connectivity index (χ1n) is 5.54. The van der Waals surface area contributed by atoms with Crippen LogP contribution < -0.4 is 5.32 Å². The molecule has 1 rings (SSSR count). The van der Waals surface area contributed by atoms with Gasteiger partial charge in [-0.05, 0) is 12.5 Å². The van der Waals surface area contributed by atoms with Crippen LogP contribution in [0.25, 0.3) is 0 Å². The van der Waals surface area contributed by atoms with Gasteiger partial charge in [-0.15, -0.1) is 12.3 Å². The van der Waals surface area contributed by atoms with E-state index in [1.807, 2.05) is 0 Å². The molecule has 4 heteroatoms. The van der Waals surface area contributed by atoms with Gasteiger partial charge < -0.3 is 10.4 Å².